The average Bonchev–Trinajstić information content (AvgIpc) is 2.72. The van der Waals surface area contributed by atoms with Crippen molar-refractivity contribution in [3.05, 3.63) is 35.4 Å². The third-order valence-electron chi connectivity index (χ3n) is 4.35. The Morgan fingerprint density at radius 2 is 1.73 bits per heavy atom. The van der Waals surface area contributed by atoms with Crippen LogP contribution >= 0.6 is 0 Å². The summed E-state index contributed by atoms with van der Waals surface area (Å²) in [6, 6.07) is 9.05. The summed E-state index contributed by atoms with van der Waals surface area (Å²) in [6.07, 6.45) is 4.29. The van der Waals surface area contributed by atoms with Crippen LogP contribution in [0.2, 0.25) is 0 Å². The van der Waals surface area contributed by atoms with E-state index in [1.807, 2.05) is 0 Å². The molecule has 0 aliphatic heterocycles. The molecule has 3 unspecified atom stereocenters. The summed E-state index contributed by atoms with van der Waals surface area (Å²) in [6.45, 7) is 2.13. The van der Waals surface area contributed by atoms with Crippen LogP contribution in [0.25, 0.3) is 0 Å². The molecule has 2 saturated carbocycles. The number of fused-ring (bicyclic) bond motifs is 1. The number of hydrogen-bond acceptors (Lipinski definition) is 1. The van der Waals surface area contributed by atoms with E-state index in [-0.39, 0.29) is 0 Å². The molecule has 0 amide bonds. The van der Waals surface area contributed by atoms with Gasteiger partial charge in [0.05, 0.1) is 0 Å². The summed E-state index contributed by atoms with van der Waals surface area (Å²) in [5.41, 5.74) is 9.00. The number of hydrogen-bond donors (Lipinski definition) is 1. The number of rotatable bonds is 2. The van der Waals surface area contributed by atoms with E-state index in [1.54, 1.807) is 0 Å². The SMILES string of the molecule is Cc1ccc(C(N)C2C3CCCC32)cc1. The maximum Gasteiger partial charge on any atom is 0.0329 e. The molecule has 2 aliphatic rings. The van der Waals surface area contributed by atoms with Gasteiger partial charge >= 0.3 is 0 Å². The second kappa shape index (κ2) is 3.34. The first-order valence-electron chi connectivity index (χ1n) is 6.09. The van der Waals surface area contributed by atoms with Gasteiger partial charge in [0.1, 0.15) is 0 Å². The molecule has 1 heteroatoms. The van der Waals surface area contributed by atoms with Crippen molar-refractivity contribution >= 4 is 0 Å². The van der Waals surface area contributed by atoms with Gasteiger partial charge in [-0.2, -0.15) is 0 Å². The van der Waals surface area contributed by atoms with Crippen LogP contribution in [-0.2, 0) is 0 Å². The molecule has 1 aromatic rings. The molecule has 0 heterocycles. The van der Waals surface area contributed by atoms with E-state index in [2.05, 4.69) is 31.2 Å². The summed E-state index contributed by atoms with van der Waals surface area (Å²) in [4.78, 5) is 0. The molecule has 0 bridgehead atoms. The number of nitrogens with two attached hydrogens (primary N) is 1. The molecule has 2 fully saturated rings. The fraction of sp³-hybridized carbons (Fsp3) is 0.571. The summed E-state index contributed by atoms with van der Waals surface area (Å²) >= 11 is 0. The lowest BCUT2D eigenvalue weighted by molar-refractivity contribution is 0.502. The van der Waals surface area contributed by atoms with Crippen molar-refractivity contribution < 1.29 is 0 Å². The molecule has 0 aromatic heterocycles. The molecule has 80 valence electrons. The number of benzene rings is 1. The van der Waals surface area contributed by atoms with Crippen LogP contribution in [-0.4, -0.2) is 0 Å². The molecule has 2 N–H and O–H groups in total. The van der Waals surface area contributed by atoms with E-state index in [9.17, 15) is 0 Å². The highest BCUT2D eigenvalue weighted by Gasteiger charge is 2.55. The first-order valence-corrected chi connectivity index (χ1v) is 6.09. The van der Waals surface area contributed by atoms with Gasteiger partial charge in [0, 0.05) is 6.04 Å². The second-order valence-corrected chi connectivity index (χ2v) is 5.27. The van der Waals surface area contributed by atoms with E-state index < -0.39 is 0 Å². The molecule has 0 radical (unpaired) electrons. The van der Waals surface area contributed by atoms with Crippen LogP contribution < -0.4 is 5.73 Å². The molecular formula is C14H19N. The Balaban J connectivity index is 1.75. The van der Waals surface area contributed by atoms with Gasteiger partial charge in [-0.1, -0.05) is 36.2 Å². The van der Waals surface area contributed by atoms with Crippen LogP contribution in [0.3, 0.4) is 0 Å². The van der Waals surface area contributed by atoms with Gasteiger partial charge in [0.2, 0.25) is 0 Å². The minimum Gasteiger partial charge on any atom is -0.324 e. The van der Waals surface area contributed by atoms with Gasteiger partial charge in [-0.25, -0.2) is 0 Å². The third-order valence-corrected chi connectivity index (χ3v) is 4.35. The largest absolute Gasteiger partial charge is 0.324 e. The fourth-order valence-corrected chi connectivity index (χ4v) is 3.42. The predicted molar refractivity (Wildman–Crippen MR) is 62.4 cm³/mol. The summed E-state index contributed by atoms with van der Waals surface area (Å²) in [5, 5.41) is 0. The van der Waals surface area contributed by atoms with Crippen molar-refractivity contribution in [2.24, 2.45) is 23.5 Å². The highest BCUT2D eigenvalue weighted by Crippen LogP contribution is 2.61. The molecule has 15 heavy (non-hydrogen) atoms. The Hall–Kier alpha value is -0.820. The van der Waals surface area contributed by atoms with Crippen molar-refractivity contribution in [1.82, 2.24) is 0 Å². The van der Waals surface area contributed by atoms with Gasteiger partial charge in [-0.15, -0.1) is 0 Å². The van der Waals surface area contributed by atoms with Crippen molar-refractivity contribution in [3.63, 3.8) is 0 Å². The smallest absolute Gasteiger partial charge is 0.0329 e. The zero-order valence-corrected chi connectivity index (χ0v) is 9.32. The lowest BCUT2D eigenvalue weighted by Crippen LogP contribution is -2.15. The zero-order chi connectivity index (χ0) is 10.4. The Morgan fingerprint density at radius 1 is 1.13 bits per heavy atom. The van der Waals surface area contributed by atoms with Gasteiger partial charge in [-0.3, -0.25) is 0 Å². The second-order valence-electron chi connectivity index (χ2n) is 5.27. The molecule has 0 saturated heterocycles. The Kier molecular flexibility index (Phi) is 2.10. The zero-order valence-electron chi connectivity index (χ0n) is 9.32. The van der Waals surface area contributed by atoms with E-state index in [4.69, 9.17) is 5.73 Å². The fourth-order valence-electron chi connectivity index (χ4n) is 3.42. The Labute approximate surface area is 91.7 Å². The maximum atomic E-state index is 6.34. The lowest BCUT2D eigenvalue weighted by Gasteiger charge is -2.14. The van der Waals surface area contributed by atoms with Crippen molar-refractivity contribution in [2.45, 2.75) is 32.2 Å². The first-order chi connectivity index (χ1) is 7.27. The van der Waals surface area contributed by atoms with Crippen molar-refractivity contribution in [3.8, 4) is 0 Å². The van der Waals surface area contributed by atoms with Gasteiger partial charge in [0.25, 0.3) is 0 Å². The highest BCUT2D eigenvalue weighted by atomic mass is 14.7. The quantitative estimate of drug-likeness (QED) is 0.782. The van der Waals surface area contributed by atoms with E-state index in [1.165, 1.54) is 30.4 Å². The molecule has 3 rings (SSSR count). The van der Waals surface area contributed by atoms with Crippen molar-refractivity contribution in [2.75, 3.05) is 0 Å². The van der Waals surface area contributed by atoms with Crippen LogP contribution in [0.4, 0.5) is 0 Å². The molecule has 1 nitrogen and oxygen atoms in total. The standard InChI is InChI=1S/C14H19N/c1-9-5-7-10(8-6-9)14(15)13-11-3-2-4-12(11)13/h5-8,11-14H,2-4,15H2,1H3. The van der Waals surface area contributed by atoms with Gasteiger partial charge < -0.3 is 5.73 Å². The molecular weight excluding hydrogens is 182 g/mol. The summed E-state index contributed by atoms with van der Waals surface area (Å²) in [7, 11) is 0. The van der Waals surface area contributed by atoms with Crippen LogP contribution in [0.1, 0.15) is 36.4 Å². The van der Waals surface area contributed by atoms with Crippen LogP contribution in [0.15, 0.2) is 24.3 Å². The molecule has 0 spiro atoms. The molecule has 1 aromatic carbocycles. The highest BCUT2D eigenvalue weighted by molar-refractivity contribution is 5.26. The van der Waals surface area contributed by atoms with Crippen LogP contribution in [0, 0.1) is 24.7 Å². The predicted octanol–water partition coefficient (Wildman–Crippen LogP) is 3.04. The van der Waals surface area contributed by atoms with E-state index in [0.29, 0.717) is 6.04 Å². The Morgan fingerprint density at radius 3 is 2.33 bits per heavy atom. The molecule has 3 atom stereocenters. The van der Waals surface area contributed by atoms with Crippen molar-refractivity contribution in [1.29, 1.82) is 0 Å². The number of aryl methyl sites for hydroxylation is 1. The minimum absolute atomic E-state index is 0.292. The first kappa shape index (κ1) is 9.41. The van der Waals surface area contributed by atoms with E-state index >= 15 is 0 Å². The summed E-state index contributed by atoms with van der Waals surface area (Å²) < 4.78 is 0. The Bertz CT molecular complexity index is 344. The lowest BCUT2D eigenvalue weighted by atomic mass is 9.97. The normalized spacial score (nSPS) is 34.9. The van der Waals surface area contributed by atoms with Gasteiger partial charge in [-0.05, 0) is 43.1 Å². The maximum absolute atomic E-state index is 6.34. The summed E-state index contributed by atoms with van der Waals surface area (Å²) in [5.74, 6) is 2.71. The van der Waals surface area contributed by atoms with Crippen LogP contribution in [0.5, 0.6) is 0 Å². The monoisotopic (exact) mass is 201 g/mol. The van der Waals surface area contributed by atoms with E-state index in [0.717, 1.165) is 17.8 Å². The molecule has 2 aliphatic carbocycles. The third kappa shape index (κ3) is 1.50. The minimum atomic E-state index is 0.292. The average molecular weight is 201 g/mol. The van der Waals surface area contributed by atoms with Gasteiger partial charge in [0.15, 0.2) is 0 Å². The topological polar surface area (TPSA) is 26.0 Å².